The molecule has 0 bridgehead atoms. The van der Waals surface area contributed by atoms with Crippen molar-refractivity contribution in [3.05, 3.63) is 59.1 Å². The van der Waals surface area contributed by atoms with Crippen molar-refractivity contribution in [2.45, 2.75) is 11.6 Å². The number of fused-ring (bicyclic) bond motifs is 1. The summed E-state index contributed by atoms with van der Waals surface area (Å²) in [5.74, 6) is 0.436. The number of carbonyl (C=O) groups is 1. The fourth-order valence-corrected chi connectivity index (χ4v) is 3.13. The summed E-state index contributed by atoms with van der Waals surface area (Å²) < 4.78 is 1.52. The van der Waals surface area contributed by atoms with Crippen molar-refractivity contribution in [1.82, 2.24) is 14.5 Å². The Morgan fingerprint density at radius 2 is 2.08 bits per heavy atom. The highest BCUT2D eigenvalue weighted by atomic mass is 32.2. The van der Waals surface area contributed by atoms with Crippen LogP contribution in [0, 0.1) is 0 Å². The molecule has 1 N–H and O–H groups in total. The van der Waals surface area contributed by atoms with Crippen LogP contribution in [0.2, 0.25) is 0 Å². The number of thioether (sulfide) groups is 1. The second kappa shape index (κ2) is 7.27. The van der Waals surface area contributed by atoms with E-state index >= 15 is 0 Å². The number of para-hydroxylation sites is 1. The van der Waals surface area contributed by atoms with E-state index < -0.39 is 0 Å². The van der Waals surface area contributed by atoms with E-state index in [0.29, 0.717) is 33.9 Å². The van der Waals surface area contributed by atoms with Gasteiger partial charge in [-0.1, -0.05) is 23.9 Å². The van der Waals surface area contributed by atoms with Crippen LogP contribution in [0.3, 0.4) is 0 Å². The first kappa shape index (κ1) is 16.2. The lowest BCUT2D eigenvalue weighted by Crippen LogP contribution is -2.20. The molecule has 0 fully saturated rings. The highest BCUT2D eigenvalue weighted by molar-refractivity contribution is 7.99. The van der Waals surface area contributed by atoms with Crippen LogP contribution >= 0.6 is 11.8 Å². The van der Waals surface area contributed by atoms with Crippen LogP contribution in [0.15, 0.2) is 58.7 Å². The van der Waals surface area contributed by atoms with E-state index in [2.05, 4.69) is 15.3 Å². The number of carbonyl (C=O) groups excluding carboxylic acids is 1. The summed E-state index contributed by atoms with van der Waals surface area (Å²) in [5, 5.41) is 3.98. The summed E-state index contributed by atoms with van der Waals surface area (Å²) in [7, 11) is 1.69. The topological polar surface area (TPSA) is 76.9 Å². The monoisotopic (exact) mass is 340 g/mol. The van der Waals surface area contributed by atoms with Gasteiger partial charge in [-0.25, -0.2) is 4.98 Å². The molecule has 0 spiro atoms. The quantitative estimate of drug-likeness (QED) is 0.570. The van der Waals surface area contributed by atoms with Gasteiger partial charge in [-0.15, -0.1) is 0 Å². The minimum Gasteiger partial charge on any atom is -0.325 e. The third-order valence-corrected chi connectivity index (χ3v) is 4.48. The van der Waals surface area contributed by atoms with E-state index in [9.17, 15) is 9.59 Å². The van der Waals surface area contributed by atoms with Crippen LogP contribution in [0.1, 0.15) is 6.42 Å². The minimum absolute atomic E-state index is 0.0806. The van der Waals surface area contributed by atoms with Crippen LogP contribution in [0.5, 0.6) is 0 Å². The van der Waals surface area contributed by atoms with Crippen molar-refractivity contribution in [3.8, 4) is 0 Å². The second-order valence-corrected chi connectivity index (χ2v) is 6.23. The van der Waals surface area contributed by atoms with E-state index in [4.69, 9.17) is 0 Å². The van der Waals surface area contributed by atoms with Crippen LogP contribution in [-0.2, 0) is 11.8 Å². The highest BCUT2D eigenvalue weighted by Crippen LogP contribution is 2.17. The van der Waals surface area contributed by atoms with Crippen LogP contribution in [0.25, 0.3) is 10.9 Å². The molecule has 0 aliphatic heterocycles. The number of amides is 1. The molecule has 0 atom stereocenters. The molecule has 0 aliphatic rings. The molecule has 7 heteroatoms. The van der Waals surface area contributed by atoms with Crippen LogP contribution in [0.4, 0.5) is 5.69 Å². The summed E-state index contributed by atoms with van der Waals surface area (Å²) in [6.45, 7) is 0. The summed E-state index contributed by atoms with van der Waals surface area (Å²) in [6, 6.07) is 10.8. The Kier molecular flexibility index (Phi) is 4.90. The number of hydrogen-bond acceptors (Lipinski definition) is 5. The van der Waals surface area contributed by atoms with Gasteiger partial charge in [-0.05, 0) is 24.3 Å². The molecular weight excluding hydrogens is 324 g/mol. The van der Waals surface area contributed by atoms with E-state index in [1.165, 1.54) is 16.3 Å². The molecule has 3 aromatic rings. The normalized spacial score (nSPS) is 10.7. The first-order valence-electron chi connectivity index (χ1n) is 7.43. The summed E-state index contributed by atoms with van der Waals surface area (Å²) >= 11 is 1.39. The van der Waals surface area contributed by atoms with Gasteiger partial charge in [-0.2, -0.15) is 0 Å². The predicted molar refractivity (Wildman–Crippen MR) is 95.2 cm³/mol. The number of pyridine rings is 1. The molecule has 0 unspecified atom stereocenters. The van der Waals surface area contributed by atoms with Gasteiger partial charge in [0.25, 0.3) is 5.56 Å². The number of rotatable bonds is 5. The van der Waals surface area contributed by atoms with Gasteiger partial charge < -0.3 is 5.32 Å². The number of aromatic nitrogens is 3. The zero-order valence-corrected chi connectivity index (χ0v) is 13.9. The van der Waals surface area contributed by atoms with Crippen molar-refractivity contribution < 1.29 is 4.79 Å². The smallest absolute Gasteiger partial charge is 0.261 e. The van der Waals surface area contributed by atoms with Gasteiger partial charge in [0.2, 0.25) is 5.91 Å². The molecule has 3 rings (SSSR count). The van der Waals surface area contributed by atoms with Crippen molar-refractivity contribution in [2.24, 2.45) is 7.05 Å². The molecule has 1 aromatic carbocycles. The highest BCUT2D eigenvalue weighted by Gasteiger charge is 2.09. The van der Waals surface area contributed by atoms with Gasteiger partial charge in [0, 0.05) is 25.4 Å². The lowest BCUT2D eigenvalue weighted by atomic mass is 10.2. The maximum absolute atomic E-state index is 12.3. The molecule has 0 saturated heterocycles. The van der Waals surface area contributed by atoms with E-state index in [0.717, 1.165) is 0 Å². The largest absolute Gasteiger partial charge is 0.325 e. The zero-order valence-electron chi connectivity index (χ0n) is 13.1. The van der Waals surface area contributed by atoms with E-state index in [-0.39, 0.29) is 11.5 Å². The molecule has 0 aliphatic carbocycles. The Balaban J connectivity index is 1.65. The first-order valence-corrected chi connectivity index (χ1v) is 8.42. The Bertz CT molecular complexity index is 925. The SMILES string of the molecule is Cn1c(SCCC(=O)Nc2cccnc2)nc2ccccc2c1=O. The standard InChI is InChI=1S/C17H16N4O2S/c1-21-16(23)13-6-2-3-7-14(13)20-17(21)24-10-8-15(22)19-12-5-4-9-18-11-12/h2-7,9,11H,8,10H2,1H3,(H,19,22). The first-order chi connectivity index (χ1) is 11.6. The fraction of sp³-hybridized carbons (Fsp3) is 0.176. The third kappa shape index (κ3) is 3.62. The zero-order chi connectivity index (χ0) is 16.9. The van der Waals surface area contributed by atoms with Gasteiger partial charge in [0.15, 0.2) is 5.16 Å². The molecular formula is C17H16N4O2S. The number of nitrogens with one attached hydrogen (secondary N) is 1. The lowest BCUT2D eigenvalue weighted by Gasteiger charge is -2.08. The van der Waals surface area contributed by atoms with Gasteiger partial charge in [0.1, 0.15) is 0 Å². The van der Waals surface area contributed by atoms with Gasteiger partial charge in [0.05, 0.1) is 22.8 Å². The Morgan fingerprint density at radius 1 is 1.25 bits per heavy atom. The maximum Gasteiger partial charge on any atom is 0.261 e. The maximum atomic E-state index is 12.3. The molecule has 2 aromatic heterocycles. The van der Waals surface area contributed by atoms with Crippen molar-refractivity contribution in [2.75, 3.05) is 11.1 Å². The third-order valence-electron chi connectivity index (χ3n) is 3.45. The Labute approximate surface area is 142 Å². The Hall–Kier alpha value is -2.67. The number of nitrogens with zero attached hydrogens (tertiary/aromatic N) is 3. The molecule has 2 heterocycles. The minimum atomic E-state index is -0.0960. The fourth-order valence-electron chi connectivity index (χ4n) is 2.22. The van der Waals surface area contributed by atoms with Crippen molar-refractivity contribution >= 4 is 34.3 Å². The second-order valence-electron chi connectivity index (χ2n) is 5.16. The molecule has 6 nitrogen and oxygen atoms in total. The molecule has 122 valence electrons. The summed E-state index contributed by atoms with van der Waals surface area (Å²) in [5.41, 5.74) is 1.26. The lowest BCUT2D eigenvalue weighted by molar-refractivity contribution is -0.115. The van der Waals surface area contributed by atoms with Gasteiger partial charge in [-0.3, -0.25) is 19.1 Å². The van der Waals surface area contributed by atoms with Crippen molar-refractivity contribution in [3.63, 3.8) is 0 Å². The summed E-state index contributed by atoms with van der Waals surface area (Å²) in [4.78, 5) is 32.7. The van der Waals surface area contributed by atoms with Crippen LogP contribution in [-0.4, -0.2) is 26.2 Å². The molecule has 0 saturated carbocycles. The predicted octanol–water partition coefficient (Wildman–Crippen LogP) is 2.45. The average molecular weight is 340 g/mol. The Morgan fingerprint density at radius 3 is 2.88 bits per heavy atom. The van der Waals surface area contributed by atoms with Crippen molar-refractivity contribution in [1.29, 1.82) is 0 Å². The molecule has 0 radical (unpaired) electrons. The van der Waals surface area contributed by atoms with Gasteiger partial charge >= 0.3 is 0 Å². The number of hydrogen-bond donors (Lipinski definition) is 1. The summed E-state index contributed by atoms with van der Waals surface area (Å²) in [6.07, 6.45) is 3.57. The number of anilines is 1. The molecule has 24 heavy (non-hydrogen) atoms. The average Bonchev–Trinajstić information content (AvgIpc) is 2.60. The van der Waals surface area contributed by atoms with E-state index in [1.54, 1.807) is 37.6 Å². The van der Waals surface area contributed by atoms with E-state index in [1.807, 2.05) is 18.2 Å². The van der Waals surface area contributed by atoms with Crippen LogP contribution < -0.4 is 10.9 Å². The number of benzene rings is 1. The molecule has 1 amide bonds.